The predicted octanol–water partition coefficient (Wildman–Crippen LogP) is 2.36. The zero-order valence-corrected chi connectivity index (χ0v) is 14.2. The summed E-state index contributed by atoms with van der Waals surface area (Å²) < 4.78 is 22.0. The van der Waals surface area contributed by atoms with Crippen LogP contribution in [0.15, 0.2) is 24.3 Å². The maximum Gasteiger partial charge on any atom is 0.494 e. The van der Waals surface area contributed by atoms with Crippen molar-refractivity contribution in [3.63, 3.8) is 0 Å². The van der Waals surface area contributed by atoms with Gasteiger partial charge in [0.05, 0.1) is 13.2 Å². The third-order valence-corrected chi connectivity index (χ3v) is 5.13. The molecule has 1 aliphatic carbocycles. The van der Waals surface area contributed by atoms with Crippen molar-refractivity contribution in [2.24, 2.45) is 5.92 Å². The largest absolute Gasteiger partial charge is 0.494 e. The van der Waals surface area contributed by atoms with Gasteiger partial charge in [0.15, 0.2) is 0 Å². The third-order valence-electron chi connectivity index (χ3n) is 5.13. The highest BCUT2D eigenvalue weighted by Crippen LogP contribution is 2.35. The fourth-order valence-corrected chi connectivity index (χ4v) is 3.64. The van der Waals surface area contributed by atoms with Gasteiger partial charge in [-0.25, -0.2) is 0 Å². The highest BCUT2D eigenvalue weighted by molar-refractivity contribution is 6.61. The molecule has 5 heteroatoms. The van der Waals surface area contributed by atoms with E-state index in [0.717, 1.165) is 18.0 Å². The molecule has 1 aromatic rings. The van der Waals surface area contributed by atoms with Crippen LogP contribution in [0, 0.1) is 5.92 Å². The van der Waals surface area contributed by atoms with Crippen LogP contribution >= 0.6 is 0 Å². The summed E-state index contributed by atoms with van der Waals surface area (Å²) >= 11 is 0. The van der Waals surface area contributed by atoms with E-state index in [-0.39, 0.29) is 13.2 Å². The summed E-state index contributed by atoms with van der Waals surface area (Å²) in [6, 6.07) is 8.78. The van der Waals surface area contributed by atoms with Gasteiger partial charge in [0, 0.05) is 20.8 Å². The van der Waals surface area contributed by atoms with E-state index in [4.69, 9.17) is 18.8 Å². The van der Waals surface area contributed by atoms with Crippen LogP contribution in [0.1, 0.15) is 37.2 Å². The lowest BCUT2D eigenvalue weighted by molar-refractivity contribution is -0.0186. The Morgan fingerprint density at radius 2 is 1.65 bits per heavy atom. The molecule has 1 aliphatic heterocycles. The molecule has 0 bridgehead atoms. The molecule has 23 heavy (non-hydrogen) atoms. The van der Waals surface area contributed by atoms with E-state index in [9.17, 15) is 0 Å². The van der Waals surface area contributed by atoms with Crippen molar-refractivity contribution < 1.29 is 18.8 Å². The van der Waals surface area contributed by atoms with Crippen molar-refractivity contribution in [2.75, 3.05) is 34.0 Å². The molecule has 0 aromatic heterocycles. The smallest absolute Gasteiger partial charge is 0.404 e. The Hall–Kier alpha value is -0.875. The van der Waals surface area contributed by atoms with Crippen molar-refractivity contribution in [1.29, 1.82) is 0 Å². The number of rotatable bonds is 5. The minimum Gasteiger partial charge on any atom is -0.404 e. The molecule has 4 nitrogen and oxygen atoms in total. The first kappa shape index (κ1) is 17.0. The van der Waals surface area contributed by atoms with E-state index in [1.165, 1.54) is 31.2 Å². The van der Waals surface area contributed by atoms with Gasteiger partial charge < -0.3 is 18.8 Å². The lowest BCUT2D eigenvalue weighted by Gasteiger charge is -2.29. The summed E-state index contributed by atoms with van der Waals surface area (Å²) in [4.78, 5) is 0. The minimum absolute atomic E-state index is 0.0489. The minimum atomic E-state index is -0.257. The number of ether oxygens (including phenoxy) is 2. The first-order valence-electron chi connectivity index (χ1n) is 8.65. The third kappa shape index (κ3) is 4.35. The predicted molar refractivity (Wildman–Crippen MR) is 91.1 cm³/mol. The first-order chi connectivity index (χ1) is 11.3. The van der Waals surface area contributed by atoms with Gasteiger partial charge in [0.2, 0.25) is 0 Å². The average molecular weight is 318 g/mol. The van der Waals surface area contributed by atoms with E-state index in [1.807, 2.05) is 0 Å². The molecule has 3 rings (SSSR count). The highest BCUT2D eigenvalue weighted by atomic mass is 16.6. The van der Waals surface area contributed by atoms with Gasteiger partial charge in [0.25, 0.3) is 0 Å². The molecule has 0 spiro atoms. The Morgan fingerprint density at radius 1 is 1.00 bits per heavy atom. The summed E-state index contributed by atoms with van der Waals surface area (Å²) in [6.45, 7) is 2.09. The fourth-order valence-electron chi connectivity index (χ4n) is 3.64. The summed E-state index contributed by atoms with van der Waals surface area (Å²) in [5.41, 5.74) is 2.53. The summed E-state index contributed by atoms with van der Waals surface area (Å²) in [5, 5.41) is 0. The summed E-state index contributed by atoms with van der Waals surface area (Å²) in [5.74, 6) is 1.43. The molecule has 1 saturated carbocycles. The van der Waals surface area contributed by atoms with Crippen molar-refractivity contribution in [3.8, 4) is 0 Å². The Balaban J connectivity index is 1.53. The van der Waals surface area contributed by atoms with Gasteiger partial charge in [-0.05, 0) is 48.5 Å². The number of hydrogen-bond acceptors (Lipinski definition) is 4. The van der Waals surface area contributed by atoms with E-state index in [1.54, 1.807) is 14.2 Å². The standard InChI is InChI=1S/C18H27BO4/c1-20-11-14-3-5-15(6-4-14)16-7-9-17(10-8-16)19-22-12-18(21-2)13-23-19/h7-10,14-15,18H,3-6,11-13H2,1-2H3. The van der Waals surface area contributed by atoms with Gasteiger partial charge in [0.1, 0.15) is 6.10 Å². The average Bonchev–Trinajstić information content (AvgIpc) is 2.63. The summed E-state index contributed by atoms with van der Waals surface area (Å²) in [7, 11) is 3.23. The fraction of sp³-hybridized carbons (Fsp3) is 0.667. The molecule has 1 aromatic carbocycles. The zero-order chi connectivity index (χ0) is 16.1. The quantitative estimate of drug-likeness (QED) is 0.781. The molecule has 0 unspecified atom stereocenters. The van der Waals surface area contributed by atoms with Crippen LogP contribution in [0.25, 0.3) is 0 Å². The van der Waals surface area contributed by atoms with Crippen LogP contribution in [0.3, 0.4) is 0 Å². The highest BCUT2D eigenvalue weighted by Gasteiger charge is 2.29. The maximum atomic E-state index is 5.73. The second-order valence-corrected chi connectivity index (χ2v) is 6.70. The van der Waals surface area contributed by atoms with E-state index >= 15 is 0 Å². The van der Waals surface area contributed by atoms with Crippen LogP contribution in [0.4, 0.5) is 0 Å². The molecule has 2 aliphatic rings. The molecule has 0 atom stereocenters. The molecule has 0 amide bonds. The van der Waals surface area contributed by atoms with Crippen molar-refractivity contribution in [1.82, 2.24) is 0 Å². The van der Waals surface area contributed by atoms with Gasteiger partial charge in [-0.15, -0.1) is 0 Å². The Kier molecular flexibility index (Phi) is 6.11. The van der Waals surface area contributed by atoms with Crippen LogP contribution in [0.5, 0.6) is 0 Å². The number of benzene rings is 1. The lowest BCUT2D eigenvalue weighted by Crippen LogP contribution is -2.46. The van der Waals surface area contributed by atoms with E-state index in [2.05, 4.69) is 24.3 Å². The molecule has 1 saturated heterocycles. The van der Waals surface area contributed by atoms with Crippen LogP contribution < -0.4 is 5.46 Å². The van der Waals surface area contributed by atoms with Crippen molar-refractivity contribution in [2.45, 2.75) is 37.7 Å². The number of methoxy groups -OCH3 is 2. The van der Waals surface area contributed by atoms with Gasteiger partial charge in [-0.1, -0.05) is 24.3 Å². The number of hydrogen-bond donors (Lipinski definition) is 0. The SMILES string of the molecule is COCC1CCC(c2ccc(B3OCC(OC)CO3)cc2)CC1. The van der Waals surface area contributed by atoms with Crippen LogP contribution in [-0.2, 0) is 18.8 Å². The molecular weight excluding hydrogens is 291 g/mol. The maximum absolute atomic E-state index is 5.73. The van der Waals surface area contributed by atoms with Crippen LogP contribution in [0.2, 0.25) is 0 Å². The van der Waals surface area contributed by atoms with Gasteiger partial charge >= 0.3 is 7.12 Å². The molecule has 0 N–H and O–H groups in total. The zero-order valence-electron chi connectivity index (χ0n) is 14.2. The van der Waals surface area contributed by atoms with Crippen molar-refractivity contribution in [3.05, 3.63) is 29.8 Å². The molecule has 2 fully saturated rings. The Morgan fingerprint density at radius 3 is 2.22 bits per heavy atom. The Bertz CT molecular complexity index is 462. The van der Waals surface area contributed by atoms with Gasteiger partial charge in [-0.2, -0.15) is 0 Å². The second kappa shape index (κ2) is 8.29. The molecule has 0 radical (unpaired) electrons. The topological polar surface area (TPSA) is 36.9 Å². The van der Waals surface area contributed by atoms with Gasteiger partial charge in [-0.3, -0.25) is 0 Å². The van der Waals surface area contributed by atoms with E-state index in [0.29, 0.717) is 19.1 Å². The van der Waals surface area contributed by atoms with Crippen LogP contribution in [-0.4, -0.2) is 47.3 Å². The normalized spacial score (nSPS) is 26.4. The lowest BCUT2D eigenvalue weighted by atomic mass is 9.75. The first-order valence-corrected chi connectivity index (χ1v) is 8.65. The second-order valence-electron chi connectivity index (χ2n) is 6.70. The van der Waals surface area contributed by atoms with E-state index < -0.39 is 0 Å². The molecule has 1 heterocycles. The van der Waals surface area contributed by atoms with Crippen molar-refractivity contribution >= 4 is 12.6 Å². The molecule has 126 valence electrons. The molecular formula is C18H27BO4. The Labute approximate surface area is 139 Å². The monoisotopic (exact) mass is 318 g/mol. The summed E-state index contributed by atoms with van der Waals surface area (Å²) in [6.07, 6.45) is 5.12.